The summed E-state index contributed by atoms with van der Waals surface area (Å²) in [5.74, 6) is -0.104. The van der Waals surface area contributed by atoms with Crippen LogP contribution in [0.3, 0.4) is 0 Å². The van der Waals surface area contributed by atoms with Crippen molar-refractivity contribution in [3.63, 3.8) is 0 Å². The van der Waals surface area contributed by atoms with Crippen molar-refractivity contribution in [2.45, 2.75) is 6.92 Å². The Morgan fingerprint density at radius 3 is 2.18 bits per heavy atom. The number of nitrogens with one attached hydrogen (secondary N) is 2. The summed E-state index contributed by atoms with van der Waals surface area (Å²) >= 11 is 1.24. The third-order valence-corrected chi connectivity index (χ3v) is 6.34. The fourth-order valence-corrected chi connectivity index (χ4v) is 4.55. The molecule has 0 spiro atoms. The highest BCUT2D eigenvalue weighted by Gasteiger charge is 2.23. The average molecular weight is 531 g/mol. The van der Waals surface area contributed by atoms with Gasteiger partial charge in [-0.15, -0.1) is 11.3 Å². The number of esters is 1. The summed E-state index contributed by atoms with van der Waals surface area (Å²) in [4.78, 5) is 37.8. The van der Waals surface area contributed by atoms with Crippen molar-refractivity contribution in [3.8, 4) is 22.6 Å². The van der Waals surface area contributed by atoms with Gasteiger partial charge in [0, 0.05) is 22.2 Å². The highest BCUT2D eigenvalue weighted by atomic mass is 32.1. The zero-order chi connectivity index (χ0) is 26.9. The first kappa shape index (κ1) is 26.4. The monoisotopic (exact) mass is 530 g/mol. The van der Waals surface area contributed by atoms with Gasteiger partial charge in [-0.3, -0.25) is 9.59 Å². The molecule has 4 aromatic rings. The molecule has 4 rings (SSSR count). The topological polar surface area (TPSA) is 103 Å². The van der Waals surface area contributed by atoms with E-state index in [4.69, 9.17) is 14.2 Å². The summed E-state index contributed by atoms with van der Waals surface area (Å²) in [6.45, 7) is 1.66. The van der Waals surface area contributed by atoms with Gasteiger partial charge in [-0.2, -0.15) is 0 Å². The maximum absolute atomic E-state index is 12.7. The van der Waals surface area contributed by atoms with Crippen LogP contribution < -0.4 is 20.1 Å². The van der Waals surface area contributed by atoms with Crippen LogP contribution in [0.15, 0.2) is 84.2 Å². The number of anilines is 2. The average Bonchev–Trinajstić information content (AvgIpc) is 3.36. The molecule has 0 aliphatic carbocycles. The quantitative estimate of drug-likeness (QED) is 0.249. The van der Waals surface area contributed by atoms with Crippen LogP contribution in [0, 0.1) is 0 Å². The molecule has 0 saturated carbocycles. The molecular formula is C29H26N2O6S. The third-order valence-electron chi connectivity index (χ3n) is 5.44. The minimum Gasteiger partial charge on any atom is -0.497 e. The largest absolute Gasteiger partial charge is 0.497 e. The lowest BCUT2D eigenvalue weighted by Gasteiger charge is -2.10. The van der Waals surface area contributed by atoms with Crippen molar-refractivity contribution in [2.24, 2.45) is 0 Å². The van der Waals surface area contributed by atoms with Crippen molar-refractivity contribution in [3.05, 3.63) is 95.4 Å². The van der Waals surface area contributed by atoms with Crippen LogP contribution in [-0.2, 0) is 9.53 Å². The van der Waals surface area contributed by atoms with Crippen LogP contribution in [0.4, 0.5) is 10.7 Å². The van der Waals surface area contributed by atoms with Crippen molar-refractivity contribution >= 4 is 39.8 Å². The van der Waals surface area contributed by atoms with Crippen LogP contribution in [-0.4, -0.2) is 38.1 Å². The van der Waals surface area contributed by atoms with Crippen LogP contribution in [0.2, 0.25) is 0 Å². The molecule has 0 aliphatic heterocycles. The molecule has 1 heterocycles. The Morgan fingerprint density at radius 1 is 0.842 bits per heavy atom. The van der Waals surface area contributed by atoms with Gasteiger partial charge in [0.2, 0.25) is 0 Å². The predicted molar refractivity (Wildman–Crippen MR) is 147 cm³/mol. The molecule has 8 nitrogen and oxygen atoms in total. The lowest BCUT2D eigenvalue weighted by Crippen LogP contribution is -2.21. The first-order valence-electron chi connectivity index (χ1n) is 11.8. The van der Waals surface area contributed by atoms with E-state index in [0.717, 1.165) is 5.56 Å². The molecule has 0 atom stereocenters. The van der Waals surface area contributed by atoms with Crippen LogP contribution in [0.1, 0.15) is 27.6 Å². The summed E-state index contributed by atoms with van der Waals surface area (Å²) in [6.07, 6.45) is 0. The molecular weight excluding hydrogens is 504 g/mol. The molecule has 0 fully saturated rings. The smallest absolute Gasteiger partial charge is 0.341 e. The first-order chi connectivity index (χ1) is 18.5. The van der Waals surface area contributed by atoms with Gasteiger partial charge in [-0.25, -0.2) is 4.79 Å². The first-order valence-corrected chi connectivity index (χ1v) is 12.7. The van der Waals surface area contributed by atoms with E-state index in [1.807, 2.05) is 35.7 Å². The number of ether oxygens (including phenoxy) is 3. The molecule has 0 aliphatic rings. The number of carbonyl (C=O) groups excluding carboxylic acids is 3. The third kappa shape index (κ3) is 6.57. The minimum absolute atomic E-state index is 0.216. The van der Waals surface area contributed by atoms with Gasteiger partial charge in [0.25, 0.3) is 11.8 Å². The molecule has 38 heavy (non-hydrogen) atoms. The molecule has 2 N–H and O–H groups in total. The molecule has 0 saturated heterocycles. The van der Waals surface area contributed by atoms with Crippen LogP contribution in [0.5, 0.6) is 11.5 Å². The van der Waals surface area contributed by atoms with E-state index in [0.29, 0.717) is 38.9 Å². The highest BCUT2D eigenvalue weighted by molar-refractivity contribution is 7.15. The van der Waals surface area contributed by atoms with Crippen molar-refractivity contribution in [2.75, 3.05) is 31.0 Å². The second kappa shape index (κ2) is 12.6. The number of benzene rings is 3. The molecule has 0 bridgehead atoms. The minimum atomic E-state index is -0.507. The van der Waals surface area contributed by atoms with Crippen molar-refractivity contribution in [1.29, 1.82) is 0 Å². The molecule has 0 radical (unpaired) electrons. The van der Waals surface area contributed by atoms with Gasteiger partial charge in [0.15, 0.2) is 6.61 Å². The summed E-state index contributed by atoms with van der Waals surface area (Å²) < 4.78 is 15.9. The molecule has 9 heteroatoms. The Morgan fingerprint density at radius 2 is 1.53 bits per heavy atom. The van der Waals surface area contributed by atoms with Gasteiger partial charge >= 0.3 is 5.97 Å². The van der Waals surface area contributed by atoms with Crippen molar-refractivity contribution < 1.29 is 28.6 Å². The predicted octanol–water partition coefficient (Wildman–Crippen LogP) is 5.87. The van der Waals surface area contributed by atoms with Gasteiger partial charge in [-0.05, 0) is 61.0 Å². The second-order valence-electron chi connectivity index (χ2n) is 7.98. The summed E-state index contributed by atoms with van der Waals surface area (Å²) in [5, 5.41) is 7.77. The van der Waals surface area contributed by atoms with E-state index in [-0.39, 0.29) is 19.1 Å². The lowest BCUT2D eigenvalue weighted by molar-refractivity contribution is -0.118. The van der Waals surface area contributed by atoms with Gasteiger partial charge in [-0.1, -0.05) is 30.3 Å². The Bertz CT molecular complexity index is 1400. The standard InChI is InChI=1S/C29H26N2O6S/c1-3-36-29(34)26-24(19-7-5-4-6-8-19)18-38-28(26)31-25(32)17-37-23-13-9-20(10-14-23)27(33)30-21-11-15-22(35-2)16-12-21/h4-16,18H,3,17H2,1-2H3,(H,30,33)(H,31,32). The fourth-order valence-electron chi connectivity index (χ4n) is 3.58. The van der Waals surface area contributed by atoms with E-state index in [1.54, 1.807) is 62.6 Å². The van der Waals surface area contributed by atoms with Crippen LogP contribution in [0.25, 0.3) is 11.1 Å². The second-order valence-corrected chi connectivity index (χ2v) is 8.86. The Hall–Kier alpha value is -4.63. The molecule has 194 valence electrons. The van der Waals surface area contributed by atoms with E-state index >= 15 is 0 Å². The number of rotatable bonds is 10. The lowest BCUT2D eigenvalue weighted by atomic mass is 10.0. The zero-order valence-electron chi connectivity index (χ0n) is 20.9. The van der Waals surface area contributed by atoms with E-state index < -0.39 is 11.9 Å². The van der Waals surface area contributed by atoms with Gasteiger partial charge < -0.3 is 24.8 Å². The number of hydrogen-bond donors (Lipinski definition) is 2. The number of amides is 2. The summed E-state index contributed by atoms with van der Waals surface area (Å²) in [5.41, 5.74) is 2.92. The molecule has 3 aromatic carbocycles. The summed E-state index contributed by atoms with van der Waals surface area (Å²) in [7, 11) is 1.57. The number of methoxy groups -OCH3 is 1. The van der Waals surface area contributed by atoms with Crippen LogP contribution >= 0.6 is 11.3 Å². The highest BCUT2D eigenvalue weighted by Crippen LogP contribution is 2.36. The van der Waals surface area contributed by atoms with Crippen molar-refractivity contribution in [1.82, 2.24) is 0 Å². The maximum atomic E-state index is 12.7. The Balaban J connectivity index is 1.36. The number of carbonyl (C=O) groups is 3. The normalized spacial score (nSPS) is 10.4. The fraction of sp³-hybridized carbons (Fsp3) is 0.138. The Labute approximate surface area is 224 Å². The molecule has 0 unspecified atom stereocenters. The maximum Gasteiger partial charge on any atom is 0.341 e. The zero-order valence-corrected chi connectivity index (χ0v) is 21.7. The number of thiophene rings is 1. The van der Waals surface area contributed by atoms with Gasteiger partial charge in [0.1, 0.15) is 22.1 Å². The SMILES string of the molecule is CCOC(=O)c1c(-c2ccccc2)csc1NC(=O)COc1ccc(C(=O)Nc2ccc(OC)cc2)cc1. The summed E-state index contributed by atoms with van der Waals surface area (Å²) in [6, 6.07) is 22.9. The van der Waals surface area contributed by atoms with Gasteiger partial charge in [0.05, 0.1) is 13.7 Å². The number of hydrogen-bond acceptors (Lipinski definition) is 7. The Kier molecular flexibility index (Phi) is 8.73. The van der Waals surface area contributed by atoms with E-state index in [1.165, 1.54) is 11.3 Å². The van der Waals surface area contributed by atoms with E-state index in [2.05, 4.69) is 10.6 Å². The van der Waals surface area contributed by atoms with E-state index in [9.17, 15) is 14.4 Å². The molecule has 1 aromatic heterocycles. The molecule has 2 amide bonds.